The number of rotatable bonds is 4. The quantitative estimate of drug-likeness (QED) is 0.879. The number of anilines is 2. The molecule has 0 spiro atoms. The van der Waals surface area contributed by atoms with Crippen LogP contribution >= 0.6 is 0 Å². The fraction of sp³-hybridized carbons (Fsp3) is 0.692. The molecule has 1 atom stereocenters. The van der Waals surface area contributed by atoms with Gasteiger partial charge in [0, 0.05) is 32.2 Å². The molecule has 2 N–H and O–H groups in total. The first-order chi connectivity index (χ1) is 8.72. The molecule has 0 bridgehead atoms. The molecule has 1 aromatic heterocycles. The number of nitrogens with two attached hydrogens (primary N) is 1. The highest BCUT2D eigenvalue weighted by Crippen LogP contribution is 2.21. The van der Waals surface area contributed by atoms with Crippen molar-refractivity contribution in [2.24, 2.45) is 0 Å². The molecule has 1 saturated heterocycles. The van der Waals surface area contributed by atoms with E-state index in [2.05, 4.69) is 14.9 Å². The highest BCUT2D eigenvalue weighted by atomic mass is 16.5. The summed E-state index contributed by atoms with van der Waals surface area (Å²) in [5.41, 5.74) is 5.83. The van der Waals surface area contributed by atoms with Gasteiger partial charge in [-0.1, -0.05) is 6.92 Å². The molecule has 0 radical (unpaired) electrons. The molecule has 18 heavy (non-hydrogen) atoms. The zero-order valence-corrected chi connectivity index (χ0v) is 11.2. The molecule has 2 rings (SSSR count). The van der Waals surface area contributed by atoms with Crippen LogP contribution in [0.5, 0.6) is 0 Å². The highest BCUT2D eigenvalue weighted by molar-refractivity contribution is 5.47. The van der Waals surface area contributed by atoms with Crippen LogP contribution in [0.25, 0.3) is 0 Å². The van der Waals surface area contributed by atoms with Gasteiger partial charge in [-0.05, 0) is 19.8 Å². The number of nitrogen functional groups attached to an aromatic ring is 1. The van der Waals surface area contributed by atoms with Crippen LogP contribution < -0.4 is 10.6 Å². The molecule has 1 unspecified atom stereocenters. The van der Waals surface area contributed by atoms with Crippen molar-refractivity contribution in [2.45, 2.75) is 39.2 Å². The molecule has 1 aliphatic rings. The van der Waals surface area contributed by atoms with E-state index in [4.69, 9.17) is 10.5 Å². The van der Waals surface area contributed by atoms with E-state index in [0.29, 0.717) is 11.9 Å². The van der Waals surface area contributed by atoms with E-state index in [1.165, 1.54) is 0 Å². The normalized spacial score (nSPS) is 20.1. The molecule has 5 heteroatoms. The summed E-state index contributed by atoms with van der Waals surface area (Å²) >= 11 is 0. The van der Waals surface area contributed by atoms with Crippen molar-refractivity contribution in [3.63, 3.8) is 0 Å². The number of aromatic nitrogens is 2. The number of aryl methyl sites for hydroxylation is 1. The molecule has 1 aliphatic heterocycles. The van der Waals surface area contributed by atoms with Crippen molar-refractivity contribution in [3.05, 3.63) is 11.9 Å². The topological polar surface area (TPSA) is 64.3 Å². The van der Waals surface area contributed by atoms with Gasteiger partial charge in [-0.3, -0.25) is 0 Å². The Hall–Kier alpha value is -1.36. The molecule has 0 amide bonds. The van der Waals surface area contributed by atoms with Crippen LogP contribution in [0, 0.1) is 0 Å². The summed E-state index contributed by atoms with van der Waals surface area (Å²) < 4.78 is 5.71. The lowest BCUT2D eigenvalue weighted by Gasteiger charge is -2.33. The zero-order chi connectivity index (χ0) is 13.0. The Morgan fingerprint density at radius 3 is 3.00 bits per heavy atom. The third-order valence-electron chi connectivity index (χ3n) is 3.20. The first kappa shape index (κ1) is 13.1. The number of piperidine rings is 1. The Morgan fingerprint density at radius 2 is 2.28 bits per heavy atom. The third kappa shape index (κ3) is 3.10. The van der Waals surface area contributed by atoms with Crippen molar-refractivity contribution in [1.29, 1.82) is 0 Å². The predicted molar refractivity (Wildman–Crippen MR) is 72.7 cm³/mol. The Bertz CT molecular complexity index is 395. The summed E-state index contributed by atoms with van der Waals surface area (Å²) in [4.78, 5) is 11.0. The molecule has 0 aromatic carbocycles. The van der Waals surface area contributed by atoms with Crippen LogP contribution in [0.2, 0.25) is 0 Å². The molecule has 1 fully saturated rings. The van der Waals surface area contributed by atoms with E-state index in [1.807, 2.05) is 19.9 Å². The van der Waals surface area contributed by atoms with Crippen LogP contribution in [-0.2, 0) is 11.2 Å². The van der Waals surface area contributed by atoms with Crippen molar-refractivity contribution in [1.82, 2.24) is 9.97 Å². The molecule has 5 nitrogen and oxygen atoms in total. The second-order valence-corrected chi connectivity index (χ2v) is 4.59. The van der Waals surface area contributed by atoms with E-state index in [0.717, 1.165) is 50.6 Å². The molecule has 0 aliphatic carbocycles. The van der Waals surface area contributed by atoms with E-state index in [9.17, 15) is 0 Å². The smallest absolute Gasteiger partial charge is 0.134 e. The minimum atomic E-state index is 0.310. The van der Waals surface area contributed by atoms with Gasteiger partial charge in [0.1, 0.15) is 17.5 Å². The first-order valence-corrected chi connectivity index (χ1v) is 6.73. The summed E-state index contributed by atoms with van der Waals surface area (Å²) in [6, 6.07) is 1.85. The van der Waals surface area contributed by atoms with Crippen molar-refractivity contribution >= 4 is 11.6 Å². The van der Waals surface area contributed by atoms with Gasteiger partial charge >= 0.3 is 0 Å². The fourth-order valence-electron chi connectivity index (χ4n) is 2.34. The molecule has 0 saturated carbocycles. The lowest BCUT2D eigenvalue weighted by molar-refractivity contribution is 0.0525. The minimum absolute atomic E-state index is 0.310. The fourth-order valence-corrected chi connectivity index (χ4v) is 2.34. The van der Waals surface area contributed by atoms with Crippen molar-refractivity contribution in [2.75, 3.05) is 30.3 Å². The summed E-state index contributed by atoms with van der Waals surface area (Å²) in [7, 11) is 0. The number of hydrogen-bond donors (Lipinski definition) is 1. The molecule has 1 aromatic rings. The lowest BCUT2D eigenvalue weighted by atomic mass is 10.1. The average molecular weight is 250 g/mol. The lowest BCUT2D eigenvalue weighted by Crippen LogP contribution is -2.40. The third-order valence-corrected chi connectivity index (χ3v) is 3.20. The first-order valence-electron chi connectivity index (χ1n) is 6.73. The van der Waals surface area contributed by atoms with Crippen LogP contribution in [0.15, 0.2) is 6.07 Å². The molecule has 100 valence electrons. The maximum Gasteiger partial charge on any atom is 0.134 e. The van der Waals surface area contributed by atoms with E-state index >= 15 is 0 Å². The Labute approximate surface area is 108 Å². The zero-order valence-electron chi connectivity index (χ0n) is 11.2. The number of ether oxygens (including phenoxy) is 1. The Morgan fingerprint density at radius 1 is 1.44 bits per heavy atom. The maximum absolute atomic E-state index is 5.83. The summed E-state index contributed by atoms with van der Waals surface area (Å²) in [5, 5.41) is 0. The van der Waals surface area contributed by atoms with Gasteiger partial charge in [0.05, 0.1) is 6.10 Å². The second kappa shape index (κ2) is 6.00. The van der Waals surface area contributed by atoms with E-state index < -0.39 is 0 Å². The minimum Gasteiger partial charge on any atom is -0.384 e. The van der Waals surface area contributed by atoms with Gasteiger partial charge in [-0.25, -0.2) is 9.97 Å². The van der Waals surface area contributed by atoms with Crippen molar-refractivity contribution in [3.8, 4) is 0 Å². The summed E-state index contributed by atoms with van der Waals surface area (Å²) in [5.74, 6) is 2.29. The average Bonchev–Trinajstić information content (AvgIpc) is 2.39. The monoisotopic (exact) mass is 250 g/mol. The molecule has 2 heterocycles. The summed E-state index contributed by atoms with van der Waals surface area (Å²) in [6.07, 6.45) is 3.38. The van der Waals surface area contributed by atoms with Gasteiger partial charge in [0.15, 0.2) is 0 Å². The van der Waals surface area contributed by atoms with Gasteiger partial charge in [-0.2, -0.15) is 0 Å². The van der Waals surface area contributed by atoms with Crippen LogP contribution in [0.4, 0.5) is 11.6 Å². The highest BCUT2D eigenvalue weighted by Gasteiger charge is 2.21. The van der Waals surface area contributed by atoms with E-state index in [-0.39, 0.29) is 0 Å². The Balaban J connectivity index is 2.12. The van der Waals surface area contributed by atoms with Crippen LogP contribution in [0.1, 0.15) is 32.5 Å². The standard InChI is InChI=1S/C13H22N4O/c1-3-12-15-11(14)8-13(16-12)17-7-5-6-10(9-17)18-4-2/h8,10H,3-7,9H2,1-2H3,(H2,14,15,16). The molecular weight excluding hydrogens is 228 g/mol. The Kier molecular flexibility index (Phi) is 4.36. The predicted octanol–water partition coefficient (Wildman–Crippen LogP) is 1.63. The van der Waals surface area contributed by atoms with Gasteiger partial charge in [0.2, 0.25) is 0 Å². The SMILES string of the molecule is CCOC1CCCN(c2cc(N)nc(CC)n2)C1. The maximum atomic E-state index is 5.83. The van der Waals surface area contributed by atoms with Crippen LogP contribution in [-0.4, -0.2) is 35.8 Å². The van der Waals surface area contributed by atoms with Gasteiger partial charge in [-0.15, -0.1) is 0 Å². The van der Waals surface area contributed by atoms with Crippen molar-refractivity contribution < 1.29 is 4.74 Å². The largest absolute Gasteiger partial charge is 0.384 e. The summed E-state index contributed by atoms with van der Waals surface area (Å²) in [6.45, 7) is 6.76. The van der Waals surface area contributed by atoms with Gasteiger partial charge < -0.3 is 15.4 Å². The van der Waals surface area contributed by atoms with E-state index in [1.54, 1.807) is 0 Å². The van der Waals surface area contributed by atoms with Crippen LogP contribution in [0.3, 0.4) is 0 Å². The number of hydrogen-bond acceptors (Lipinski definition) is 5. The molecular formula is C13H22N4O. The second-order valence-electron chi connectivity index (χ2n) is 4.59. The number of nitrogens with zero attached hydrogens (tertiary/aromatic N) is 3. The van der Waals surface area contributed by atoms with Gasteiger partial charge in [0.25, 0.3) is 0 Å².